The lowest BCUT2D eigenvalue weighted by molar-refractivity contribution is 0.0178. The van der Waals surface area contributed by atoms with Crippen LogP contribution in [-0.2, 0) is 12.5 Å². The van der Waals surface area contributed by atoms with Crippen LogP contribution in [0.4, 0.5) is 0 Å². The minimum Gasteiger partial charge on any atom is -0.267 e. The Hall–Kier alpha value is -2.70. The summed E-state index contributed by atoms with van der Waals surface area (Å²) in [5.41, 5.74) is 2.37. The molecule has 2 amide bonds. The largest absolute Gasteiger partial charge is 0.290 e. The third kappa shape index (κ3) is 3.21. The van der Waals surface area contributed by atoms with Gasteiger partial charge in [-0.05, 0) is 31.5 Å². The quantitative estimate of drug-likeness (QED) is 0.829. The molecule has 0 unspecified atom stereocenters. The SMILES string of the molecule is Cc1ncccc1C(=O)N1CCCN1C(=O)c1cc(C(C)(C)C)nn1C. The summed E-state index contributed by atoms with van der Waals surface area (Å²) in [7, 11) is 1.76. The number of hydrazine groups is 1. The van der Waals surface area contributed by atoms with E-state index in [9.17, 15) is 9.59 Å². The lowest BCUT2D eigenvalue weighted by atomic mass is 9.92. The Labute approximate surface area is 153 Å². The third-order valence-corrected chi connectivity index (χ3v) is 4.60. The molecule has 0 radical (unpaired) electrons. The Morgan fingerprint density at radius 1 is 1.12 bits per heavy atom. The van der Waals surface area contributed by atoms with Gasteiger partial charge in [0.15, 0.2) is 0 Å². The van der Waals surface area contributed by atoms with Crippen molar-refractivity contribution >= 4 is 11.8 Å². The first kappa shape index (κ1) is 18.1. The van der Waals surface area contributed by atoms with Crippen LogP contribution in [-0.4, -0.2) is 49.7 Å². The number of aromatic nitrogens is 3. The van der Waals surface area contributed by atoms with E-state index in [0.717, 1.165) is 12.1 Å². The lowest BCUT2D eigenvalue weighted by Crippen LogP contribution is -2.45. The Bertz CT molecular complexity index is 850. The maximum Gasteiger partial charge on any atom is 0.290 e. The van der Waals surface area contributed by atoms with Crippen molar-refractivity contribution < 1.29 is 9.59 Å². The highest BCUT2D eigenvalue weighted by Crippen LogP contribution is 2.24. The van der Waals surface area contributed by atoms with Crippen LogP contribution in [0.2, 0.25) is 0 Å². The second-order valence-corrected chi connectivity index (χ2v) is 7.63. The van der Waals surface area contributed by atoms with Crippen LogP contribution in [0.25, 0.3) is 0 Å². The Morgan fingerprint density at radius 3 is 2.35 bits per heavy atom. The molecule has 0 saturated carbocycles. The Morgan fingerprint density at radius 2 is 1.77 bits per heavy atom. The second kappa shape index (κ2) is 6.55. The van der Waals surface area contributed by atoms with Crippen LogP contribution in [0, 0.1) is 6.92 Å². The number of amides is 2. The number of carbonyl (C=O) groups excluding carboxylic acids is 2. The zero-order chi connectivity index (χ0) is 19.1. The molecule has 7 nitrogen and oxygen atoms in total. The zero-order valence-electron chi connectivity index (χ0n) is 16.0. The fourth-order valence-electron chi connectivity index (χ4n) is 3.05. The van der Waals surface area contributed by atoms with E-state index >= 15 is 0 Å². The summed E-state index contributed by atoms with van der Waals surface area (Å²) < 4.78 is 1.60. The van der Waals surface area contributed by atoms with Crippen LogP contribution >= 0.6 is 0 Å². The van der Waals surface area contributed by atoms with E-state index in [2.05, 4.69) is 30.9 Å². The van der Waals surface area contributed by atoms with Gasteiger partial charge in [0.1, 0.15) is 5.69 Å². The first-order valence-corrected chi connectivity index (χ1v) is 8.80. The van der Waals surface area contributed by atoms with Gasteiger partial charge in [-0.1, -0.05) is 20.8 Å². The molecular formula is C19H25N5O2. The van der Waals surface area contributed by atoms with Gasteiger partial charge in [0.25, 0.3) is 11.8 Å². The van der Waals surface area contributed by atoms with Crippen molar-refractivity contribution in [3.63, 3.8) is 0 Å². The van der Waals surface area contributed by atoms with E-state index in [0.29, 0.717) is 30.0 Å². The summed E-state index contributed by atoms with van der Waals surface area (Å²) in [6, 6.07) is 5.30. The summed E-state index contributed by atoms with van der Waals surface area (Å²) in [6.07, 6.45) is 2.41. The molecule has 0 N–H and O–H groups in total. The molecule has 138 valence electrons. The average Bonchev–Trinajstić information content (AvgIpc) is 3.20. The van der Waals surface area contributed by atoms with Gasteiger partial charge < -0.3 is 0 Å². The average molecular weight is 355 g/mol. The molecule has 1 aliphatic heterocycles. The van der Waals surface area contributed by atoms with E-state index in [1.165, 1.54) is 10.0 Å². The van der Waals surface area contributed by atoms with Crippen molar-refractivity contribution in [1.29, 1.82) is 0 Å². The lowest BCUT2D eigenvalue weighted by Gasteiger charge is -2.28. The number of hydrogen-bond donors (Lipinski definition) is 0. The van der Waals surface area contributed by atoms with Crippen molar-refractivity contribution in [2.75, 3.05) is 13.1 Å². The Kier molecular flexibility index (Phi) is 4.56. The molecule has 0 atom stereocenters. The number of pyridine rings is 1. The van der Waals surface area contributed by atoms with Crippen molar-refractivity contribution in [3.05, 3.63) is 47.0 Å². The molecule has 3 heterocycles. The van der Waals surface area contributed by atoms with Gasteiger partial charge in [-0.2, -0.15) is 5.10 Å². The molecule has 1 saturated heterocycles. The van der Waals surface area contributed by atoms with Gasteiger partial charge in [-0.15, -0.1) is 0 Å². The number of nitrogens with zero attached hydrogens (tertiary/aromatic N) is 5. The standard InChI is InChI=1S/C19H25N5O2/c1-13-14(8-6-9-20-13)17(25)23-10-7-11-24(23)18(26)15-12-16(19(2,3)4)21-22(15)5/h6,8-9,12H,7,10-11H2,1-5H3. The molecule has 26 heavy (non-hydrogen) atoms. The number of aryl methyl sites for hydroxylation is 2. The monoisotopic (exact) mass is 355 g/mol. The van der Waals surface area contributed by atoms with Gasteiger partial charge >= 0.3 is 0 Å². The molecule has 2 aromatic rings. The molecule has 0 aliphatic carbocycles. The molecule has 1 aliphatic rings. The first-order valence-electron chi connectivity index (χ1n) is 8.80. The van der Waals surface area contributed by atoms with Crippen molar-refractivity contribution in [2.24, 2.45) is 7.05 Å². The van der Waals surface area contributed by atoms with Gasteiger partial charge in [0, 0.05) is 31.7 Å². The van der Waals surface area contributed by atoms with E-state index in [1.807, 2.05) is 6.07 Å². The number of carbonyl (C=O) groups is 2. The number of hydrogen-bond acceptors (Lipinski definition) is 4. The van der Waals surface area contributed by atoms with Crippen LogP contribution in [0.15, 0.2) is 24.4 Å². The van der Waals surface area contributed by atoms with Crippen LogP contribution in [0.1, 0.15) is 59.4 Å². The molecule has 1 fully saturated rings. The predicted octanol–water partition coefficient (Wildman–Crippen LogP) is 2.32. The molecule has 0 aromatic carbocycles. The minimum absolute atomic E-state index is 0.149. The van der Waals surface area contributed by atoms with Crippen LogP contribution < -0.4 is 0 Å². The van der Waals surface area contributed by atoms with Gasteiger partial charge in [0.05, 0.1) is 17.0 Å². The molecule has 2 aromatic heterocycles. The topological polar surface area (TPSA) is 71.3 Å². The van der Waals surface area contributed by atoms with E-state index < -0.39 is 0 Å². The maximum atomic E-state index is 13.1. The smallest absolute Gasteiger partial charge is 0.267 e. The second-order valence-electron chi connectivity index (χ2n) is 7.63. The normalized spacial score (nSPS) is 14.8. The summed E-state index contributed by atoms with van der Waals surface area (Å²) in [5, 5.41) is 7.52. The van der Waals surface area contributed by atoms with E-state index in [1.54, 1.807) is 37.0 Å². The summed E-state index contributed by atoms with van der Waals surface area (Å²) in [4.78, 5) is 30.2. The molecule has 7 heteroatoms. The summed E-state index contributed by atoms with van der Waals surface area (Å²) in [6.45, 7) is 9.00. The van der Waals surface area contributed by atoms with Crippen molar-refractivity contribution in [2.45, 2.75) is 39.5 Å². The molecule has 0 bridgehead atoms. The highest BCUT2D eigenvalue weighted by atomic mass is 16.2. The van der Waals surface area contributed by atoms with Crippen LogP contribution in [0.3, 0.4) is 0 Å². The summed E-state index contributed by atoms with van der Waals surface area (Å²) >= 11 is 0. The van der Waals surface area contributed by atoms with E-state index in [4.69, 9.17) is 0 Å². The molecule has 0 spiro atoms. The first-order chi connectivity index (χ1) is 12.2. The fourth-order valence-corrected chi connectivity index (χ4v) is 3.05. The van der Waals surface area contributed by atoms with E-state index in [-0.39, 0.29) is 17.2 Å². The highest BCUT2D eigenvalue weighted by molar-refractivity contribution is 5.99. The zero-order valence-corrected chi connectivity index (χ0v) is 16.0. The molecule has 3 rings (SSSR count). The van der Waals surface area contributed by atoms with Gasteiger partial charge in [-0.3, -0.25) is 19.3 Å². The van der Waals surface area contributed by atoms with Gasteiger partial charge in [0.2, 0.25) is 0 Å². The predicted molar refractivity (Wildman–Crippen MR) is 97.6 cm³/mol. The van der Waals surface area contributed by atoms with Crippen molar-refractivity contribution in [1.82, 2.24) is 24.8 Å². The maximum absolute atomic E-state index is 13.1. The van der Waals surface area contributed by atoms with Crippen LogP contribution in [0.5, 0.6) is 0 Å². The highest BCUT2D eigenvalue weighted by Gasteiger charge is 2.34. The molecular weight excluding hydrogens is 330 g/mol. The summed E-state index contributed by atoms with van der Waals surface area (Å²) in [5.74, 6) is -0.400. The van der Waals surface area contributed by atoms with Gasteiger partial charge in [-0.25, -0.2) is 10.0 Å². The Balaban J connectivity index is 1.89. The minimum atomic E-state index is -0.206. The van der Waals surface area contributed by atoms with Crippen molar-refractivity contribution in [3.8, 4) is 0 Å². The fraction of sp³-hybridized carbons (Fsp3) is 0.474. The number of rotatable bonds is 2. The third-order valence-electron chi connectivity index (χ3n) is 4.60.